The number of carboxylic acids is 2. The fourth-order valence-corrected chi connectivity index (χ4v) is 3.49. The summed E-state index contributed by atoms with van der Waals surface area (Å²) < 4.78 is 9.27. The second kappa shape index (κ2) is 18.5. The zero-order chi connectivity index (χ0) is 31.7. The summed E-state index contributed by atoms with van der Waals surface area (Å²) in [4.78, 5) is 68.0. The minimum Gasteiger partial charge on any atom is -0.481 e. The lowest BCUT2D eigenvalue weighted by molar-refractivity contribution is -0.146. The number of methoxy groups -OCH3 is 2. The lowest BCUT2D eigenvalue weighted by Gasteiger charge is -2.18. The van der Waals surface area contributed by atoms with E-state index in [4.69, 9.17) is 21.7 Å². The SMILES string of the molecule is COC(=O)C(Cc1ccccc1)NC(=O)C(N)CC(=O)O.COC(=O)[C@H](Cc1ccccc1)NC(=O)[C@@H](N)CC(=O)O. The van der Waals surface area contributed by atoms with Crippen LogP contribution in [0.1, 0.15) is 24.0 Å². The van der Waals surface area contributed by atoms with Crippen molar-refractivity contribution in [3.05, 3.63) is 71.8 Å². The molecule has 2 rings (SSSR count). The number of carbonyl (C=O) groups excluding carboxylic acids is 4. The molecule has 0 spiro atoms. The first-order valence-corrected chi connectivity index (χ1v) is 12.7. The average Bonchev–Trinajstić information content (AvgIpc) is 2.96. The molecule has 4 atom stereocenters. The van der Waals surface area contributed by atoms with Gasteiger partial charge >= 0.3 is 23.9 Å². The highest BCUT2D eigenvalue weighted by Crippen LogP contribution is 2.06. The molecule has 14 nitrogen and oxygen atoms in total. The van der Waals surface area contributed by atoms with E-state index >= 15 is 0 Å². The number of rotatable bonds is 14. The molecule has 0 aliphatic heterocycles. The minimum absolute atomic E-state index is 0.235. The maximum Gasteiger partial charge on any atom is 0.328 e. The van der Waals surface area contributed by atoms with E-state index in [1.54, 1.807) is 24.3 Å². The van der Waals surface area contributed by atoms with E-state index in [2.05, 4.69) is 20.1 Å². The van der Waals surface area contributed by atoms with Gasteiger partial charge in [-0.1, -0.05) is 60.7 Å². The summed E-state index contributed by atoms with van der Waals surface area (Å²) >= 11 is 0. The summed E-state index contributed by atoms with van der Waals surface area (Å²) in [5, 5.41) is 22.1. The van der Waals surface area contributed by atoms with Crippen molar-refractivity contribution in [1.82, 2.24) is 10.6 Å². The van der Waals surface area contributed by atoms with Crippen LogP contribution in [0.15, 0.2) is 60.7 Å². The van der Waals surface area contributed by atoms with E-state index in [0.29, 0.717) is 0 Å². The van der Waals surface area contributed by atoms with Crippen molar-refractivity contribution >= 4 is 35.7 Å². The highest BCUT2D eigenvalue weighted by Gasteiger charge is 2.27. The van der Waals surface area contributed by atoms with Crippen LogP contribution in [-0.2, 0) is 51.1 Å². The Morgan fingerprint density at radius 2 is 0.952 bits per heavy atom. The molecule has 0 aliphatic rings. The molecule has 2 unspecified atom stereocenters. The first-order chi connectivity index (χ1) is 19.9. The Hall–Kier alpha value is -4.82. The van der Waals surface area contributed by atoms with Gasteiger partial charge < -0.3 is 41.8 Å². The van der Waals surface area contributed by atoms with E-state index in [-0.39, 0.29) is 12.8 Å². The van der Waals surface area contributed by atoms with Crippen molar-refractivity contribution < 1.29 is 48.5 Å². The Morgan fingerprint density at radius 1 is 0.643 bits per heavy atom. The second-order valence-electron chi connectivity index (χ2n) is 8.96. The molecule has 0 fully saturated rings. The number of nitrogens with one attached hydrogen (secondary N) is 2. The van der Waals surface area contributed by atoms with Crippen molar-refractivity contribution in [2.75, 3.05) is 14.2 Å². The Morgan fingerprint density at radius 3 is 1.21 bits per heavy atom. The monoisotopic (exact) mass is 588 g/mol. The van der Waals surface area contributed by atoms with Gasteiger partial charge in [0.05, 0.1) is 39.1 Å². The van der Waals surface area contributed by atoms with Crippen LogP contribution in [0.2, 0.25) is 0 Å². The van der Waals surface area contributed by atoms with Gasteiger partial charge in [0.15, 0.2) is 0 Å². The number of hydrogen-bond acceptors (Lipinski definition) is 10. The number of esters is 2. The predicted octanol–water partition coefficient (Wildman–Crippen LogP) is -0.622. The van der Waals surface area contributed by atoms with E-state index < -0.39 is 72.7 Å². The van der Waals surface area contributed by atoms with E-state index in [0.717, 1.165) is 11.1 Å². The first-order valence-electron chi connectivity index (χ1n) is 12.7. The fourth-order valence-electron chi connectivity index (χ4n) is 3.49. The summed E-state index contributed by atoms with van der Waals surface area (Å²) in [6, 6.07) is 13.9. The lowest BCUT2D eigenvalue weighted by Crippen LogP contribution is -2.50. The third-order valence-electron chi connectivity index (χ3n) is 5.63. The summed E-state index contributed by atoms with van der Waals surface area (Å²) in [6.45, 7) is 0. The van der Waals surface area contributed by atoms with Gasteiger partial charge in [0.2, 0.25) is 11.8 Å². The van der Waals surface area contributed by atoms with E-state index in [1.807, 2.05) is 36.4 Å². The summed E-state index contributed by atoms with van der Waals surface area (Å²) in [5.74, 6) is -5.01. The van der Waals surface area contributed by atoms with Crippen LogP contribution in [0.3, 0.4) is 0 Å². The molecule has 2 aromatic rings. The zero-order valence-electron chi connectivity index (χ0n) is 23.2. The Bertz CT molecular complexity index is 1100. The number of carboxylic acid groups (broad SMARTS) is 2. The number of carbonyl (C=O) groups is 6. The Kier molecular flexibility index (Phi) is 15.5. The van der Waals surface area contributed by atoms with Gasteiger partial charge in [-0.25, -0.2) is 9.59 Å². The van der Waals surface area contributed by atoms with Crippen LogP contribution in [0.5, 0.6) is 0 Å². The molecule has 0 saturated carbocycles. The molecule has 8 N–H and O–H groups in total. The molecule has 42 heavy (non-hydrogen) atoms. The molecule has 2 amide bonds. The number of nitrogens with two attached hydrogens (primary N) is 2. The summed E-state index contributed by atoms with van der Waals surface area (Å²) in [7, 11) is 2.42. The van der Waals surface area contributed by atoms with Crippen LogP contribution in [-0.4, -0.2) is 84.3 Å². The van der Waals surface area contributed by atoms with Crippen molar-refractivity contribution in [3.8, 4) is 0 Å². The van der Waals surface area contributed by atoms with Crippen LogP contribution >= 0.6 is 0 Å². The first kappa shape index (κ1) is 35.2. The molecule has 0 heterocycles. The molecule has 0 bridgehead atoms. The molecule has 0 aliphatic carbocycles. The van der Waals surface area contributed by atoms with Gasteiger partial charge in [-0.3, -0.25) is 19.2 Å². The maximum absolute atomic E-state index is 11.8. The van der Waals surface area contributed by atoms with Crippen molar-refractivity contribution in [2.45, 2.75) is 49.9 Å². The molecule has 228 valence electrons. The third kappa shape index (κ3) is 13.5. The van der Waals surface area contributed by atoms with Crippen LogP contribution in [0.25, 0.3) is 0 Å². The van der Waals surface area contributed by atoms with Gasteiger partial charge in [0.1, 0.15) is 12.1 Å². The van der Waals surface area contributed by atoms with Gasteiger partial charge in [-0.05, 0) is 11.1 Å². The average molecular weight is 589 g/mol. The largest absolute Gasteiger partial charge is 0.481 e. The van der Waals surface area contributed by atoms with Gasteiger partial charge in [-0.15, -0.1) is 0 Å². The molecule has 2 aromatic carbocycles. The molecule has 0 saturated heterocycles. The maximum atomic E-state index is 11.8. The Balaban J connectivity index is 0.000000420. The minimum atomic E-state index is -1.22. The summed E-state index contributed by atoms with van der Waals surface area (Å²) in [5.41, 5.74) is 12.6. The molecule has 14 heteroatoms. The molecular formula is C28H36N4O10. The van der Waals surface area contributed by atoms with Crippen molar-refractivity contribution in [1.29, 1.82) is 0 Å². The van der Waals surface area contributed by atoms with Crippen LogP contribution in [0.4, 0.5) is 0 Å². The highest BCUT2D eigenvalue weighted by atomic mass is 16.5. The van der Waals surface area contributed by atoms with Gasteiger partial charge in [-0.2, -0.15) is 0 Å². The van der Waals surface area contributed by atoms with Crippen molar-refractivity contribution in [2.24, 2.45) is 11.5 Å². The highest BCUT2D eigenvalue weighted by molar-refractivity contribution is 5.90. The lowest BCUT2D eigenvalue weighted by atomic mass is 10.1. The number of benzene rings is 2. The van der Waals surface area contributed by atoms with E-state index in [1.165, 1.54) is 14.2 Å². The quantitative estimate of drug-likeness (QED) is 0.151. The molecule has 0 radical (unpaired) electrons. The fraction of sp³-hybridized carbons (Fsp3) is 0.357. The topological polar surface area (TPSA) is 237 Å². The molecular weight excluding hydrogens is 552 g/mol. The zero-order valence-corrected chi connectivity index (χ0v) is 23.2. The van der Waals surface area contributed by atoms with Crippen molar-refractivity contribution in [3.63, 3.8) is 0 Å². The standard InChI is InChI=1S/2C14H18N2O5/c2*1-21-14(20)11(7-9-5-3-2-4-6-9)16-13(19)10(15)8-12(17)18/h2*2-6,10-11H,7-8,15H2,1H3,(H,16,19)(H,17,18)/t10-,11-;/m0./s1. The number of hydrogen-bond donors (Lipinski definition) is 6. The normalized spacial score (nSPS) is 13.0. The van der Waals surface area contributed by atoms with Gasteiger partial charge in [0, 0.05) is 12.8 Å². The van der Waals surface area contributed by atoms with Crippen LogP contribution in [0, 0.1) is 0 Å². The molecule has 0 aromatic heterocycles. The van der Waals surface area contributed by atoms with Gasteiger partial charge in [0.25, 0.3) is 0 Å². The second-order valence-corrected chi connectivity index (χ2v) is 8.96. The van der Waals surface area contributed by atoms with Crippen LogP contribution < -0.4 is 22.1 Å². The number of aliphatic carboxylic acids is 2. The predicted molar refractivity (Wildman–Crippen MR) is 149 cm³/mol. The smallest absolute Gasteiger partial charge is 0.328 e. The van der Waals surface area contributed by atoms with E-state index in [9.17, 15) is 28.8 Å². The Labute approximate surface area is 242 Å². The third-order valence-corrected chi connectivity index (χ3v) is 5.63. The number of amides is 2. The summed E-state index contributed by atoms with van der Waals surface area (Å²) in [6.07, 6.45) is -0.547. The number of ether oxygens (including phenoxy) is 2.